The van der Waals surface area contributed by atoms with Gasteiger partial charge in [-0.3, -0.25) is 9.10 Å². The van der Waals surface area contributed by atoms with Gasteiger partial charge in [-0.25, -0.2) is 8.42 Å². The first-order valence-corrected chi connectivity index (χ1v) is 12.1. The van der Waals surface area contributed by atoms with Gasteiger partial charge in [0.25, 0.3) is 10.0 Å². The highest BCUT2D eigenvalue weighted by molar-refractivity contribution is 7.92. The van der Waals surface area contributed by atoms with Crippen molar-refractivity contribution < 1.29 is 22.7 Å². The minimum absolute atomic E-state index is 0.00233. The summed E-state index contributed by atoms with van der Waals surface area (Å²) in [6, 6.07) is 19.0. The van der Waals surface area contributed by atoms with Crippen molar-refractivity contribution in [1.29, 1.82) is 0 Å². The maximum atomic E-state index is 13.3. The van der Waals surface area contributed by atoms with Gasteiger partial charge in [-0.15, -0.1) is 0 Å². The first-order chi connectivity index (χ1) is 15.8. The van der Waals surface area contributed by atoms with Crippen molar-refractivity contribution in [2.45, 2.75) is 4.90 Å². The van der Waals surface area contributed by atoms with E-state index in [0.29, 0.717) is 21.5 Å². The van der Waals surface area contributed by atoms with Crippen molar-refractivity contribution >= 4 is 44.8 Å². The van der Waals surface area contributed by atoms with E-state index >= 15 is 0 Å². The number of carbonyl (C=O) groups is 1. The van der Waals surface area contributed by atoms with Gasteiger partial charge in [-0.1, -0.05) is 29.3 Å². The summed E-state index contributed by atoms with van der Waals surface area (Å²) in [5.74, 6) is 0.834. The highest BCUT2D eigenvalue weighted by Crippen LogP contribution is 2.26. The predicted octanol–water partition coefficient (Wildman–Crippen LogP) is 4.39. The SMILES string of the molecule is COc1ccc(OCCNC(=O)CN(c2cccc(Cl)c2)S(=O)(=O)c2ccc(Cl)cc2)cc1. The van der Waals surface area contributed by atoms with Crippen LogP contribution in [0.25, 0.3) is 0 Å². The van der Waals surface area contributed by atoms with Crippen LogP contribution in [-0.4, -0.2) is 41.1 Å². The topological polar surface area (TPSA) is 84.9 Å². The average Bonchev–Trinajstić information content (AvgIpc) is 2.81. The normalized spacial score (nSPS) is 11.0. The van der Waals surface area contributed by atoms with Crippen LogP contribution >= 0.6 is 23.2 Å². The molecule has 0 radical (unpaired) electrons. The number of sulfonamides is 1. The largest absolute Gasteiger partial charge is 0.497 e. The lowest BCUT2D eigenvalue weighted by atomic mass is 10.3. The molecule has 0 heterocycles. The highest BCUT2D eigenvalue weighted by Gasteiger charge is 2.27. The van der Waals surface area contributed by atoms with Crippen LogP contribution in [0.1, 0.15) is 0 Å². The van der Waals surface area contributed by atoms with E-state index in [-0.39, 0.29) is 23.7 Å². The van der Waals surface area contributed by atoms with Crippen LogP contribution in [0.3, 0.4) is 0 Å². The number of amides is 1. The van der Waals surface area contributed by atoms with Gasteiger partial charge < -0.3 is 14.8 Å². The van der Waals surface area contributed by atoms with Gasteiger partial charge in [0.2, 0.25) is 5.91 Å². The van der Waals surface area contributed by atoms with Crippen LogP contribution in [0, 0.1) is 0 Å². The van der Waals surface area contributed by atoms with Crippen molar-refractivity contribution in [3.63, 3.8) is 0 Å². The Hall–Kier alpha value is -2.94. The molecular formula is C23H22Cl2N2O5S. The number of methoxy groups -OCH3 is 1. The molecule has 0 unspecified atom stereocenters. The third-order valence-corrected chi connectivity index (χ3v) is 6.81. The second-order valence-corrected chi connectivity index (χ2v) is 9.55. The number of carbonyl (C=O) groups excluding carboxylic acids is 1. The molecule has 3 aromatic carbocycles. The Morgan fingerprint density at radius 3 is 2.24 bits per heavy atom. The summed E-state index contributed by atoms with van der Waals surface area (Å²) in [4.78, 5) is 12.6. The summed E-state index contributed by atoms with van der Waals surface area (Å²) < 4.78 is 38.2. The summed E-state index contributed by atoms with van der Waals surface area (Å²) in [5, 5.41) is 3.42. The van der Waals surface area contributed by atoms with E-state index in [1.165, 1.54) is 30.3 Å². The van der Waals surface area contributed by atoms with Crippen molar-refractivity contribution in [3.05, 3.63) is 82.8 Å². The molecular weight excluding hydrogens is 487 g/mol. The van der Waals surface area contributed by atoms with Crippen LogP contribution < -0.4 is 19.1 Å². The second kappa shape index (κ2) is 11.3. The fraction of sp³-hybridized carbons (Fsp3) is 0.174. The van der Waals surface area contributed by atoms with Crippen molar-refractivity contribution in [1.82, 2.24) is 5.32 Å². The van der Waals surface area contributed by atoms with Gasteiger partial charge >= 0.3 is 0 Å². The number of ether oxygens (including phenoxy) is 2. The quantitative estimate of drug-likeness (QED) is 0.410. The zero-order chi connectivity index (χ0) is 23.8. The molecule has 0 bridgehead atoms. The van der Waals surface area contributed by atoms with Crippen LogP contribution in [0.15, 0.2) is 77.7 Å². The summed E-state index contributed by atoms with van der Waals surface area (Å²) in [7, 11) is -2.48. The van der Waals surface area contributed by atoms with Gasteiger partial charge in [0.05, 0.1) is 24.2 Å². The molecule has 0 aliphatic heterocycles. The number of benzene rings is 3. The number of anilines is 1. The van der Waals surface area contributed by atoms with Gasteiger partial charge in [0.15, 0.2) is 0 Å². The smallest absolute Gasteiger partial charge is 0.264 e. The number of nitrogens with zero attached hydrogens (tertiary/aromatic N) is 1. The molecule has 0 saturated carbocycles. The minimum Gasteiger partial charge on any atom is -0.497 e. The van der Waals surface area contributed by atoms with E-state index < -0.39 is 22.5 Å². The Morgan fingerprint density at radius 2 is 1.61 bits per heavy atom. The van der Waals surface area contributed by atoms with Crippen LogP contribution in [-0.2, 0) is 14.8 Å². The molecule has 174 valence electrons. The molecule has 0 aliphatic carbocycles. The van der Waals surface area contributed by atoms with Crippen LogP contribution in [0.2, 0.25) is 10.0 Å². The van der Waals surface area contributed by atoms with Gasteiger partial charge in [-0.05, 0) is 66.7 Å². The van der Waals surface area contributed by atoms with E-state index in [0.717, 1.165) is 4.31 Å². The van der Waals surface area contributed by atoms with Gasteiger partial charge in [0, 0.05) is 10.0 Å². The third kappa shape index (κ3) is 6.77. The number of hydrogen-bond donors (Lipinski definition) is 1. The molecule has 33 heavy (non-hydrogen) atoms. The number of hydrogen-bond acceptors (Lipinski definition) is 5. The molecule has 0 saturated heterocycles. The molecule has 7 nitrogen and oxygen atoms in total. The van der Waals surface area contributed by atoms with Crippen LogP contribution in [0.4, 0.5) is 5.69 Å². The Bertz CT molecular complexity index is 1190. The average molecular weight is 509 g/mol. The first-order valence-electron chi connectivity index (χ1n) is 9.87. The van der Waals surface area contributed by atoms with E-state index in [1.54, 1.807) is 49.6 Å². The monoisotopic (exact) mass is 508 g/mol. The Labute approximate surface area is 202 Å². The fourth-order valence-electron chi connectivity index (χ4n) is 2.90. The number of rotatable bonds is 10. The molecule has 3 aromatic rings. The van der Waals surface area contributed by atoms with E-state index in [4.69, 9.17) is 32.7 Å². The minimum atomic E-state index is -4.05. The van der Waals surface area contributed by atoms with Gasteiger partial charge in [-0.2, -0.15) is 0 Å². The number of halogens is 2. The van der Waals surface area contributed by atoms with Crippen molar-refractivity contribution in [2.75, 3.05) is 31.1 Å². The fourth-order valence-corrected chi connectivity index (χ4v) is 4.62. The molecule has 0 aromatic heterocycles. The second-order valence-electron chi connectivity index (χ2n) is 6.82. The Morgan fingerprint density at radius 1 is 0.939 bits per heavy atom. The Kier molecular flexibility index (Phi) is 8.43. The molecule has 0 spiro atoms. The summed E-state index contributed by atoms with van der Waals surface area (Å²) in [6.45, 7) is -0.0394. The van der Waals surface area contributed by atoms with E-state index in [9.17, 15) is 13.2 Å². The maximum absolute atomic E-state index is 13.3. The molecule has 0 atom stereocenters. The molecule has 1 N–H and O–H groups in total. The molecule has 3 rings (SSSR count). The molecule has 0 fully saturated rings. The third-order valence-electron chi connectivity index (χ3n) is 4.54. The zero-order valence-corrected chi connectivity index (χ0v) is 20.0. The predicted molar refractivity (Wildman–Crippen MR) is 129 cm³/mol. The molecule has 10 heteroatoms. The standard InChI is InChI=1S/C23H22Cl2N2O5S/c1-31-20-7-9-21(10-8-20)32-14-13-26-23(28)16-27(19-4-2-3-18(25)15-19)33(29,30)22-11-5-17(24)6-12-22/h2-12,15H,13-14,16H2,1H3,(H,26,28). The van der Waals surface area contributed by atoms with E-state index in [2.05, 4.69) is 5.32 Å². The lowest BCUT2D eigenvalue weighted by Gasteiger charge is -2.24. The lowest BCUT2D eigenvalue weighted by molar-refractivity contribution is -0.119. The molecule has 1 amide bonds. The Balaban J connectivity index is 1.68. The van der Waals surface area contributed by atoms with Crippen molar-refractivity contribution in [2.24, 2.45) is 0 Å². The maximum Gasteiger partial charge on any atom is 0.264 e. The summed E-state index contributed by atoms with van der Waals surface area (Å²) >= 11 is 11.9. The highest BCUT2D eigenvalue weighted by atomic mass is 35.5. The summed E-state index contributed by atoms with van der Waals surface area (Å²) in [6.07, 6.45) is 0. The van der Waals surface area contributed by atoms with Crippen LogP contribution in [0.5, 0.6) is 11.5 Å². The van der Waals surface area contributed by atoms with Crippen molar-refractivity contribution in [3.8, 4) is 11.5 Å². The number of nitrogens with one attached hydrogen (secondary N) is 1. The van der Waals surface area contributed by atoms with E-state index in [1.807, 2.05) is 0 Å². The zero-order valence-electron chi connectivity index (χ0n) is 17.7. The summed E-state index contributed by atoms with van der Waals surface area (Å²) in [5.41, 5.74) is 0.266. The van der Waals surface area contributed by atoms with Gasteiger partial charge in [0.1, 0.15) is 24.7 Å². The first kappa shape index (κ1) is 24.7. The lowest BCUT2D eigenvalue weighted by Crippen LogP contribution is -2.41. The molecule has 0 aliphatic rings.